The minimum atomic E-state index is -4.68. The highest BCUT2D eigenvalue weighted by Gasteiger charge is 2.32. The molecule has 0 atom stereocenters. The summed E-state index contributed by atoms with van der Waals surface area (Å²) in [5, 5.41) is 2.85. The van der Waals surface area contributed by atoms with Gasteiger partial charge in [0.15, 0.2) is 0 Å². The van der Waals surface area contributed by atoms with Crippen molar-refractivity contribution in [3.8, 4) is 5.75 Å². The molecule has 7 nitrogen and oxygen atoms in total. The molecule has 0 spiro atoms. The van der Waals surface area contributed by atoms with Gasteiger partial charge in [-0.25, -0.2) is 4.79 Å². The molecule has 2 aromatic carbocycles. The minimum absolute atomic E-state index is 0.0730. The summed E-state index contributed by atoms with van der Waals surface area (Å²) in [7, 11) is -4.48. The lowest BCUT2D eigenvalue weighted by molar-refractivity contribution is -0.137. The largest absolute Gasteiger partial charge is 0.467 e. The molecule has 0 aliphatic carbocycles. The van der Waals surface area contributed by atoms with E-state index < -0.39 is 26.8 Å². The van der Waals surface area contributed by atoms with E-state index in [1.54, 1.807) is 29.2 Å². The van der Waals surface area contributed by atoms with Gasteiger partial charge in [-0.05, 0) is 54.4 Å². The number of amides is 2. The Bertz CT molecular complexity index is 1210. The Balaban J connectivity index is 1.71. The molecule has 2 amide bonds. The highest BCUT2D eigenvalue weighted by Crippen LogP contribution is 2.31. The van der Waals surface area contributed by atoms with E-state index in [4.69, 9.17) is 8.60 Å². The van der Waals surface area contributed by atoms with Crippen molar-refractivity contribution in [2.75, 3.05) is 6.54 Å². The van der Waals surface area contributed by atoms with Crippen LogP contribution in [0, 0.1) is 0 Å². The summed E-state index contributed by atoms with van der Waals surface area (Å²) in [4.78, 5) is 13.6. The number of hydrogen-bond acceptors (Lipinski definition) is 5. The molecule has 0 aliphatic heterocycles. The predicted octanol–water partition coefficient (Wildman–Crippen LogP) is 5.58. The zero-order chi connectivity index (χ0) is 25.5. The van der Waals surface area contributed by atoms with Crippen molar-refractivity contribution in [2.45, 2.75) is 43.9 Å². The quantitative estimate of drug-likeness (QED) is 0.284. The number of unbranched alkanes of at least 4 members (excludes halogenated alkanes) is 1. The van der Waals surface area contributed by atoms with Crippen molar-refractivity contribution < 1.29 is 35.0 Å². The van der Waals surface area contributed by atoms with Gasteiger partial charge in [0.25, 0.3) is 0 Å². The summed E-state index contributed by atoms with van der Waals surface area (Å²) in [6.07, 6.45) is -1.40. The lowest BCUT2D eigenvalue weighted by atomic mass is 10.2. The molecule has 0 saturated carbocycles. The van der Waals surface area contributed by atoms with Gasteiger partial charge in [-0.15, -0.1) is 0 Å². The first-order valence-corrected chi connectivity index (χ1v) is 12.2. The lowest BCUT2D eigenvalue weighted by Crippen LogP contribution is -2.39. The fourth-order valence-electron chi connectivity index (χ4n) is 3.15. The van der Waals surface area contributed by atoms with Crippen LogP contribution in [0.15, 0.2) is 76.2 Å². The van der Waals surface area contributed by atoms with E-state index in [1.807, 2.05) is 6.92 Å². The third kappa shape index (κ3) is 7.51. The Hall–Kier alpha value is -3.47. The topological polar surface area (TPSA) is 88.9 Å². The summed E-state index contributed by atoms with van der Waals surface area (Å²) in [6.45, 7) is 2.99. The summed E-state index contributed by atoms with van der Waals surface area (Å²) in [5.41, 5.74) is -0.405. The van der Waals surface area contributed by atoms with Crippen molar-refractivity contribution in [3.63, 3.8) is 0 Å². The molecule has 0 unspecified atom stereocenters. The van der Waals surface area contributed by atoms with Crippen molar-refractivity contribution in [1.82, 2.24) is 10.2 Å². The summed E-state index contributed by atoms with van der Waals surface area (Å²) < 4.78 is 74.1. The third-order valence-corrected chi connectivity index (χ3v) is 6.22. The molecule has 0 saturated heterocycles. The normalized spacial score (nSPS) is 11.8. The number of furan rings is 1. The van der Waals surface area contributed by atoms with Crippen molar-refractivity contribution in [3.05, 3.63) is 83.8 Å². The van der Waals surface area contributed by atoms with Gasteiger partial charge in [0.05, 0.1) is 18.4 Å². The van der Waals surface area contributed by atoms with Crippen LogP contribution in [0.5, 0.6) is 5.75 Å². The maximum Gasteiger partial charge on any atom is 0.416 e. The average Bonchev–Trinajstić information content (AvgIpc) is 3.32. The second-order valence-electron chi connectivity index (χ2n) is 7.73. The van der Waals surface area contributed by atoms with Gasteiger partial charge in [-0.2, -0.15) is 21.6 Å². The van der Waals surface area contributed by atoms with Crippen molar-refractivity contribution >= 4 is 16.1 Å². The van der Waals surface area contributed by atoms with E-state index in [0.717, 1.165) is 31.0 Å². The third-order valence-electron chi connectivity index (χ3n) is 4.97. The molecule has 0 radical (unpaired) electrons. The van der Waals surface area contributed by atoms with Gasteiger partial charge in [0, 0.05) is 13.1 Å². The zero-order valence-corrected chi connectivity index (χ0v) is 19.7. The summed E-state index contributed by atoms with van der Waals surface area (Å²) >= 11 is 0. The van der Waals surface area contributed by atoms with Gasteiger partial charge in [-0.3, -0.25) is 0 Å². The molecule has 1 aromatic heterocycles. The Morgan fingerprint density at radius 2 is 1.80 bits per heavy atom. The number of halogens is 3. The van der Waals surface area contributed by atoms with Crippen molar-refractivity contribution in [2.24, 2.45) is 0 Å². The summed E-state index contributed by atoms with van der Waals surface area (Å²) in [6, 6.07) is 12.4. The molecule has 0 aliphatic rings. The van der Waals surface area contributed by atoms with Crippen LogP contribution in [-0.4, -0.2) is 25.9 Å². The first-order valence-electron chi connectivity index (χ1n) is 10.8. The van der Waals surface area contributed by atoms with Crippen LogP contribution in [0.2, 0.25) is 0 Å². The number of carbonyl (C=O) groups excluding carboxylic acids is 1. The fraction of sp³-hybridized carbons (Fsp3) is 0.292. The molecule has 3 rings (SSSR count). The van der Waals surface area contributed by atoms with Gasteiger partial charge >= 0.3 is 22.3 Å². The number of carbonyl (C=O) groups is 1. The Kier molecular flexibility index (Phi) is 8.44. The number of benzene rings is 2. The highest BCUT2D eigenvalue weighted by atomic mass is 32.2. The van der Waals surface area contributed by atoms with E-state index in [1.165, 1.54) is 18.4 Å². The van der Waals surface area contributed by atoms with Gasteiger partial charge < -0.3 is 18.8 Å². The molecule has 188 valence electrons. The van der Waals surface area contributed by atoms with Crippen LogP contribution in [0.1, 0.15) is 36.7 Å². The molecular weight excluding hydrogens is 485 g/mol. The Labute approximate surface area is 201 Å². The molecule has 35 heavy (non-hydrogen) atoms. The Morgan fingerprint density at radius 1 is 1.06 bits per heavy atom. The SMILES string of the molecule is CCCCNC(=O)N(Cc1ccc(OS(=O)(=O)c2cccc(C(F)(F)F)c2)cc1)Cc1ccco1. The van der Waals surface area contributed by atoms with Crippen LogP contribution in [0.4, 0.5) is 18.0 Å². The minimum Gasteiger partial charge on any atom is -0.467 e. The molecule has 1 N–H and O–H groups in total. The molecule has 0 bridgehead atoms. The number of alkyl halides is 3. The monoisotopic (exact) mass is 510 g/mol. The highest BCUT2D eigenvalue weighted by molar-refractivity contribution is 7.87. The van der Waals surface area contributed by atoms with E-state index in [2.05, 4.69) is 5.32 Å². The van der Waals surface area contributed by atoms with Crippen LogP contribution in [0.25, 0.3) is 0 Å². The predicted molar refractivity (Wildman–Crippen MR) is 122 cm³/mol. The first-order chi connectivity index (χ1) is 16.6. The molecule has 0 fully saturated rings. The standard InChI is InChI=1S/C24H25F3N2O5S/c1-2-3-13-28-23(30)29(17-21-7-5-14-33-21)16-18-9-11-20(12-10-18)34-35(31,32)22-8-4-6-19(15-22)24(25,26)27/h4-12,14-15H,2-3,13,16-17H2,1H3,(H,28,30). The number of rotatable bonds is 10. The van der Waals surface area contributed by atoms with Crippen molar-refractivity contribution in [1.29, 1.82) is 0 Å². The van der Waals surface area contributed by atoms with E-state index >= 15 is 0 Å². The molecule has 1 heterocycles. The number of nitrogens with one attached hydrogen (secondary N) is 1. The smallest absolute Gasteiger partial charge is 0.416 e. The van der Waals surface area contributed by atoms with Crippen LogP contribution < -0.4 is 9.50 Å². The van der Waals surface area contributed by atoms with Gasteiger partial charge in [0.1, 0.15) is 16.4 Å². The van der Waals surface area contributed by atoms with Crippen LogP contribution in [-0.2, 0) is 29.4 Å². The zero-order valence-electron chi connectivity index (χ0n) is 18.9. The maximum absolute atomic E-state index is 12.9. The summed E-state index contributed by atoms with van der Waals surface area (Å²) in [5.74, 6) is 0.527. The molecule has 3 aromatic rings. The number of hydrogen-bond donors (Lipinski definition) is 1. The molecule has 11 heteroatoms. The second kappa shape index (κ2) is 11.3. The van der Waals surface area contributed by atoms with E-state index in [-0.39, 0.29) is 24.9 Å². The van der Waals surface area contributed by atoms with Gasteiger partial charge in [0.2, 0.25) is 0 Å². The van der Waals surface area contributed by atoms with Crippen LogP contribution in [0.3, 0.4) is 0 Å². The van der Waals surface area contributed by atoms with Gasteiger partial charge in [-0.1, -0.05) is 31.5 Å². The van der Waals surface area contributed by atoms with Crippen LogP contribution >= 0.6 is 0 Å². The van der Waals surface area contributed by atoms with E-state index in [0.29, 0.717) is 23.9 Å². The van der Waals surface area contributed by atoms with E-state index in [9.17, 15) is 26.4 Å². The lowest BCUT2D eigenvalue weighted by Gasteiger charge is -2.22. The maximum atomic E-state index is 12.9. The Morgan fingerprint density at radius 3 is 2.43 bits per heavy atom. The fourth-order valence-corrected chi connectivity index (χ4v) is 4.12. The molecular formula is C24H25F3N2O5S. The number of nitrogens with zero attached hydrogens (tertiary/aromatic N) is 1. The number of urea groups is 1. The average molecular weight is 511 g/mol. The first kappa shape index (κ1) is 26.1. The second-order valence-corrected chi connectivity index (χ2v) is 9.27.